The van der Waals surface area contributed by atoms with E-state index < -0.39 is 10.0 Å². The Balaban J connectivity index is 1.17. The molecule has 1 aliphatic heterocycles. The van der Waals surface area contributed by atoms with Crippen LogP contribution in [0, 0.1) is 18.8 Å². The molecule has 3 aromatic heterocycles. The van der Waals surface area contributed by atoms with Gasteiger partial charge in [0.05, 0.1) is 28.4 Å². The second-order valence-electron chi connectivity index (χ2n) is 12.3. The summed E-state index contributed by atoms with van der Waals surface area (Å²) < 4.78 is 28.8. The van der Waals surface area contributed by atoms with Crippen molar-refractivity contribution in [1.29, 1.82) is 0 Å². The highest BCUT2D eigenvalue weighted by Gasteiger charge is 2.41. The summed E-state index contributed by atoms with van der Waals surface area (Å²) in [5.74, 6) is 1.84. The lowest BCUT2D eigenvalue weighted by molar-refractivity contribution is 0.263. The van der Waals surface area contributed by atoms with Crippen molar-refractivity contribution >= 4 is 21.2 Å². The lowest BCUT2D eigenvalue weighted by atomic mass is 9.92. The monoisotopic (exact) mass is 563 g/mol. The molecule has 4 aliphatic rings. The quantitative estimate of drug-likeness (QED) is 0.384. The summed E-state index contributed by atoms with van der Waals surface area (Å²) in [5, 5.41) is -0.154. The van der Waals surface area contributed by atoms with Crippen LogP contribution in [-0.4, -0.2) is 60.5 Å². The largest absolute Gasteiger partial charge is 0.287 e. The molecule has 0 N–H and O–H groups in total. The van der Waals surface area contributed by atoms with Gasteiger partial charge >= 0.3 is 0 Å². The van der Waals surface area contributed by atoms with Crippen molar-refractivity contribution in [3.8, 4) is 11.4 Å². The van der Waals surface area contributed by atoms with Gasteiger partial charge in [0, 0.05) is 25.0 Å². The van der Waals surface area contributed by atoms with Crippen LogP contribution < -0.4 is 5.56 Å². The fourth-order valence-electron chi connectivity index (χ4n) is 6.31. The van der Waals surface area contributed by atoms with Gasteiger partial charge < -0.3 is 0 Å². The van der Waals surface area contributed by atoms with E-state index in [1.807, 2.05) is 11.5 Å². The van der Waals surface area contributed by atoms with Crippen LogP contribution >= 0.6 is 0 Å². The summed E-state index contributed by atoms with van der Waals surface area (Å²) in [4.78, 5) is 37.4. The van der Waals surface area contributed by atoms with E-state index in [-0.39, 0.29) is 16.9 Å². The third-order valence-corrected chi connectivity index (χ3v) is 11.7. The topological polar surface area (TPSA) is 124 Å². The lowest BCUT2D eigenvalue weighted by Gasteiger charge is -2.31. The average molecular weight is 564 g/mol. The highest BCUT2D eigenvalue weighted by Crippen LogP contribution is 2.44. The van der Waals surface area contributed by atoms with Gasteiger partial charge in [-0.15, -0.1) is 0 Å². The normalized spacial score (nSPS) is 21.6. The van der Waals surface area contributed by atoms with E-state index >= 15 is 0 Å². The molecule has 3 saturated carbocycles. The van der Waals surface area contributed by atoms with Crippen LogP contribution in [0.3, 0.4) is 0 Å². The first-order chi connectivity index (χ1) is 19.3. The van der Waals surface area contributed by atoms with Crippen molar-refractivity contribution in [2.24, 2.45) is 11.8 Å². The van der Waals surface area contributed by atoms with Crippen LogP contribution in [-0.2, 0) is 16.4 Å². The molecule has 4 fully saturated rings. The second kappa shape index (κ2) is 9.94. The predicted molar refractivity (Wildman–Crippen MR) is 151 cm³/mol. The predicted octanol–water partition coefficient (Wildman–Crippen LogP) is 3.94. The molecule has 0 aromatic carbocycles. The van der Waals surface area contributed by atoms with Gasteiger partial charge in [-0.1, -0.05) is 0 Å². The highest BCUT2D eigenvalue weighted by molar-refractivity contribution is 7.90. The molecule has 0 spiro atoms. The number of aromatic nitrogens is 6. The minimum atomic E-state index is -3.11. The second-order valence-corrected chi connectivity index (χ2v) is 14.5. The maximum atomic E-state index is 13.9. The maximum absolute atomic E-state index is 13.9. The van der Waals surface area contributed by atoms with Gasteiger partial charge in [-0.25, -0.2) is 37.6 Å². The van der Waals surface area contributed by atoms with Crippen LogP contribution in [0.1, 0.15) is 93.8 Å². The molecule has 10 nitrogen and oxygen atoms in total. The smallest absolute Gasteiger partial charge is 0.274 e. The van der Waals surface area contributed by atoms with Gasteiger partial charge in [0.25, 0.3) is 5.56 Å². The zero-order valence-corrected chi connectivity index (χ0v) is 24.1. The first-order valence-corrected chi connectivity index (χ1v) is 16.4. The van der Waals surface area contributed by atoms with E-state index in [0.29, 0.717) is 59.9 Å². The van der Waals surface area contributed by atoms with Gasteiger partial charge in [-0.2, -0.15) is 0 Å². The standard InChI is InChI=1S/C29H37N7O3S/c1-17-25(26(21-6-7-21)32-16-31-17)27-30-15-24-28(34-27)36(18(2)20-4-5-20)29(37)23(33-24)10-3-19-11-13-35(14-12-19)40(38,39)22-8-9-22/h15-16,18-22H,3-14H2,1-2H3/t18-/m0/s1. The van der Waals surface area contributed by atoms with Gasteiger partial charge in [0.15, 0.2) is 11.5 Å². The van der Waals surface area contributed by atoms with Gasteiger partial charge in [0.2, 0.25) is 10.0 Å². The Morgan fingerprint density at radius 3 is 2.40 bits per heavy atom. The van der Waals surface area contributed by atoms with Gasteiger partial charge in [-0.05, 0) is 89.9 Å². The van der Waals surface area contributed by atoms with Crippen molar-refractivity contribution in [2.75, 3.05) is 13.1 Å². The number of piperidine rings is 1. The van der Waals surface area contributed by atoms with E-state index in [1.165, 1.54) is 0 Å². The Bertz CT molecular complexity index is 1620. The zero-order valence-electron chi connectivity index (χ0n) is 23.3. The van der Waals surface area contributed by atoms with Crippen LogP contribution in [0.15, 0.2) is 17.3 Å². The summed E-state index contributed by atoms with van der Waals surface area (Å²) in [5.41, 5.74) is 4.44. The van der Waals surface area contributed by atoms with E-state index in [0.717, 1.165) is 74.7 Å². The first-order valence-electron chi connectivity index (χ1n) is 14.9. The molecule has 7 rings (SSSR count). The molecule has 1 saturated heterocycles. The molecule has 1 atom stereocenters. The zero-order chi connectivity index (χ0) is 27.6. The third kappa shape index (κ3) is 4.85. The average Bonchev–Trinajstić information content (AvgIpc) is 3.79. The van der Waals surface area contributed by atoms with Crippen molar-refractivity contribution in [3.05, 3.63) is 40.0 Å². The van der Waals surface area contributed by atoms with Crippen LogP contribution in [0.5, 0.6) is 0 Å². The Hall–Kier alpha value is -2.79. The number of rotatable bonds is 9. The molecular formula is C29H37N7O3S. The summed E-state index contributed by atoms with van der Waals surface area (Å²) in [6.45, 7) is 5.25. The lowest BCUT2D eigenvalue weighted by Crippen LogP contribution is -2.40. The Morgan fingerprint density at radius 2 is 1.73 bits per heavy atom. The van der Waals surface area contributed by atoms with Gasteiger partial charge in [0.1, 0.15) is 17.5 Å². The SMILES string of the molecule is Cc1ncnc(C2CC2)c1-c1ncc2nc(CCC3CCN(S(=O)(=O)C4CC4)CC3)c(=O)n([C@@H](C)C3CC3)c2n1. The van der Waals surface area contributed by atoms with Crippen molar-refractivity contribution in [3.63, 3.8) is 0 Å². The number of hydrogen-bond acceptors (Lipinski definition) is 8. The summed E-state index contributed by atoms with van der Waals surface area (Å²) in [7, 11) is -3.11. The molecule has 212 valence electrons. The number of fused-ring (bicyclic) bond motifs is 1. The molecule has 4 heterocycles. The number of aryl methyl sites for hydroxylation is 2. The van der Waals surface area contributed by atoms with Gasteiger partial charge in [-0.3, -0.25) is 9.36 Å². The molecule has 0 unspecified atom stereocenters. The fourth-order valence-corrected chi connectivity index (χ4v) is 8.18. The molecular weight excluding hydrogens is 526 g/mol. The molecule has 0 bridgehead atoms. The van der Waals surface area contributed by atoms with Crippen molar-refractivity contribution < 1.29 is 8.42 Å². The van der Waals surface area contributed by atoms with E-state index in [2.05, 4.69) is 16.9 Å². The summed E-state index contributed by atoms with van der Waals surface area (Å²) >= 11 is 0. The number of hydrogen-bond donors (Lipinski definition) is 0. The number of sulfonamides is 1. The highest BCUT2D eigenvalue weighted by atomic mass is 32.2. The van der Waals surface area contributed by atoms with E-state index in [4.69, 9.17) is 15.0 Å². The minimum absolute atomic E-state index is 0.0337. The molecule has 11 heteroatoms. The van der Waals surface area contributed by atoms with Crippen molar-refractivity contribution in [1.82, 2.24) is 33.8 Å². The van der Waals surface area contributed by atoms with E-state index in [1.54, 1.807) is 16.8 Å². The third-order valence-electron chi connectivity index (χ3n) is 9.33. The Kier molecular flexibility index (Phi) is 6.49. The molecule has 3 aromatic rings. The summed E-state index contributed by atoms with van der Waals surface area (Å²) in [6.07, 6.45) is 12.5. The van der Waals surface area contributed by atoms with Crippen LogP contribution in [0.2, 0.25) is 0 Å². The Labute approximate surface area is 234 Å². The molecule has 0 radical (unpaired) electrons. The van der Waals surface area contributed by atoms with E-state index in [9.17, 15) is 13.2 Å². The number of nitrogens with zero attached hydrogens (tertiary/aromatic N) is 7. The Morgan fingerprint density at radius 1 is 0.975 bits per heavy atom. The fraction of sp³-hybridized carbons (Fsp3) is 0.655. The summed E-state index contributed by atoms with van der Waals surface area (Å²) in [6, 6.07) is 0.0337. The molecule has 40 heavy (non-hydrogen) atoms. The first kappa shape index (κ1) is 26.1. The van der Waals surface area contributed by atoms with Crippen molar-refractivity contribution in [2.45, 2.75) is 95.3 Å². The maximum Gasteiger partial charge on any atom is 0.274 e. The molecule has 3 aliphatic carbocycles. The molecule has 0 amide bonds. The minimum Gasteiger partial charge on any atom is -0.287 e. The van der Waals surface area contributed by atoms with Crippen LogP contribution in [0.4, 0.5) is 0 Å². The van der Waals surface area contributed by atoms with Crippen LogP contribution in [0.25, 0.3) is 22.6 Å².